The second-order valence-electron chi connectivity index (χ2n) is 6.66. The number of esters is 1. The predicted octanol–water partition coefficient (Wildman–Crippen LogP) is 1.24. The molecule has 146 valence electrons. The molecule has 2 amide bonds. The Kier molecular flexibility index (Phi) is 5.03. The van der Waals surface area contributed by atoms with Crippen molar-refractivity contribution in [1.82, 2.24) is 19.9 Å². The lowest BCUT2D eigenvalue weighted by molar-refractivity contribution is -0.145. The van der Waals surface area contributed by atoms with Crippen LogP contribution in [0, 0.1) is 5.92 Å². The van der Waals surface area contributed by atoms with Crippen LogP contribution in [0.1, 0.15) is 40.3 Å². The Bertz CT molecular complexity index is 910. The molecule has 28 heavy (non-hydrogen) atoms. The summed E-state index contributed by atoms with van der Waals surface area (Å²) < 4.78 is 5.10. The van der Waals surface area contributed by atoms with Gasteiger partial charge in [0.2, 0.25) is 5.91 Å². The molecule has 0 bridgehead atoms. The number of hydrogen-bond acceptors (Lipinski definition) is 8. The van der Waals surface area contributed by atoms with Gasteiger partial charge in [0.1, 0.15) is 11.6 Å². The minimum atomic E-state index is -0.347. The molecule has 1 unspecified atom stereocenters. The van der Waals surface area contributed by atoms with E-state index < -0.39 is 0 Å². The topological polar surface area (TPSA) is 114 Å². The minimum Gasteiger partial charge on any atom is -0.465 e. The number of aromatic nitrogens is 3. The van der Waals surface area contributed by atoms with Gasteiger partial charge in [-0.25, -0.2) is 9.97 Å². The van der Waals surface area contributed by atoms with Gasteiger partial charge in [0.05, 0.1) is 24.4 Å². The van der Waals surface area contributed by atoms with E-state index in [1.54, 1.807) is 11.8 Å². The number of anilines is 1. The SMILES string of the molecule is CCOC(=O)C1CCc2sc(NC(=O)C3CN(C(=O)c4cnccn4)C3)nc21. The van der Waals surface area contributed by atoms with Crippen LogP contribution in [0.4, 0.5) is 5.13 Å². The molecule has 1 saturated heterocycles. The number of amides is 2. The smallest absolute Gasteiger partial charge is 0.315 e. The summed E-state index contributed by atoms with van der Waals surface area (Å²) in [7, 11) is 0. The van der Waals surface area contributed by atoms with Crippen LogP contribution in [-0.2, 0) is 20.7 Å². The van der Waals surface area contributed by atoms with E-state index in [1.807, 2.05) is 0 Å². The summed E-state index contributed by atoms with van der Waals surface area (Å²) in [5, 5.41) is 3.30. The third kappa shape index (κ3) is 3.47. The highest BCUT2D eigenvalue weighted by Crippen LogP contribution is 2.39. The molecule has 1 N–H and O–H groups in total. The van der Waals surface area contributed by atoms with Crippen LogP contribution in [0.5, 0.6) is 0 Å². The summed E-state index contributed by atoms with van der Waals surface area (Å²) in [6.07, 6.45) is 5.83. The van der Waals surface area contributed by atoms with E-state index in [0.717, 1.165) is 11.3 Å². The second kappa shape index (κ2) is 7.63. The van der Waals surface area contributed by atoms with E-state index in [4.69, 9.17) is 4.74 Å². The van der Waals surface area contributed by atoms with Crippen LogP contribution >= 0.6 is 11.3 Å². The second-order valence-corrected chi connectivity index (χ2v) is 7.74. The molecular weight excluding hydrogens is 382 g/mol. The van der Waals surface area contributed by atoms with Gasteiger partial charge in [-0.2, -0.15) is 0 Å². The van der Waals surface area contributed by atoms with Gasteiger partial charge in [-0.3, -0.25) is 19.4 Å². The van der Waals surface area contributed by atoms with Crippen LogP contribution in [0.2, 0.25) is 0 Å². The monoisotopic (exact) mass is 401 g/mol. The summed E-state index contributed by atoms with van der Waals surface area (Å²) in [6.45, 7) is 2.77. The quantitative estimate of drug-likeness (QED) is 0.750. The van der Waals surface area contributed by atoms with E-state index in [2.05, 4.69) is 20.3 Å². The third-order valence-corrected chi connectivity index (χ3v) is 5.89. The number of aryl methyl sites for hydroxylation is 1. The Morgan fingerprint density at radius 3 is 2.86 bits per heavy atom. The van der Waals surface area contributed by atoms with Crippen LogP contribution in [0.15, 0.2) is 18.6 Å². The molecule has 1 atom stereocenters. The van der Waals surface area contributed by atoms with E-state index in [-0.39, 0.29) is 35.3 Å². The van der Waals surface area contributed by atoms with Gasteiger partial charge in [-0.15, -0.1) is 11.3 Å². The summed E-state index contributed by atoms with van der Waals surface area (Å²) in [6, 6.07) is 0. The Labute approximate surface area is 165 Å². The van der Waals surface area contributed by atoms with Crippen LogP contribution in [0.3, 0.4) is 0 Å². The maximum absolute atomic E-state index is 12.4. The molecule has 3 heterocycles. The number of carbonyl (C=O) groups excluding carboxylic acids is 3. The fourth-order valence-electron chi connectivity index (χ4n) is 3.34. The zero-order chi connectivity index (χ0) is 19.7. The molecular formula is C18H19N5O4S. The lowest BCUT2D eigenvalue weighted by Crippen LogP contribution is -2.54. The number of rotatable bonds is 5. The van der Waals surface area contributed by atoms with Gasteiger partial charge in [-0.05, 0) is 19.8 Å². The first kappa shape index (κ1) is 18.5. The van der Waals surface area contributed by atoms with E-state index in [1.165, 1.54) is 29.9 Å². The first-order chi connectivity index (χ1) is 13.6. The van der Waals surface area contributed by atoms with Gasteiger partial charge < -0.3 is 15.0 Å². The summed E-state index contributed by atoms with van der Waals surface area (Å²) in [4.78, 5) is 51.6. The number of thiazole rings is 1. The Morgan fingerprint density at radius 1 is 1.32 bits per heavy atom. The average Bonchev–Trinajstić information content (AvgIpc) is 3.21. The van der Waals surface area contributed by atoms with Crippen molar-refractivity contribution in [2.24, 2.45) is 5.92 Å². The van der Waals surface area contributed by atoms with Gasteiger partial charge in [0.25, 0.3) is 5.91 Å². The fourth-order valence-corrected chi connectivity index (χ4v) is 4.38. The Morgan fingerprint density at radius 2 is 2.14 bits per heavy atom. The third-order valence-electron chi connectivity index (χ3n) is 4.84. The van der Waals surface area contributed by atoms with Crippen LogP contribution in [0.25, 0.3) is 0 Å². The molecule has 2 aromatic heterocycles. The van der Waals surface area contributed by atoms with Crippen molar-refractivity contribution >= 4 is 34.3 Å². The fraction of sp³-hybridized carbons (Fsp3) is 0.444. The molecule has 1 aliphatic carbocycles. The number of carbonyl (C=O) groups is 3. The van der Waals surface area contributed by atoms with Crippen LogP contribution < -0.4 is 5.32 Å². The van der Waals surface area contributed by atoms with E-state index >= 15 is 0 Å². The number of likely N-dealkylation sites (tertiary alicyclic amines) is 1. The Balaban J connectivity index is 1.33. The maximum Gasteiger partial charge on any atom is 0.315 e. The van der Waals surface area contributed by atoms with Crippen LogP contribution in [-0.4, -0.2) is 57.3 Å². The molecule has 2 aliphatic rings. The highest BCUT2D eigenvalue weighted by molar-refractivity contribution is 7.16. The molecule has 10 heteroatoms. The van der Waals surface area contributed by atoms with Gasteiger partial charge >= 0.3 is 5.97 Å². The molecule has 0 saturated carbocycles. The largest absolute Gasteiger partial charge is 0.465 e. The highest BCUT2D eigenvalue weighted by atomic mass is 32.1. The molecule has 1 aliphatic heterocycles. The van der Waals surface area contributed by atoms with Crippen molar-refractivity contribution in [3.05, 3.63) is 34.9 Å². The minimum absolute atomic E-state index is 0.177. The normalized spacial score (nSPS) is 18.3. The number of nitrogens with zero attached hydrogens (tertiary/aromatic N) is 4. The number of ether oxygens (including phenoxy) is 1. The predicted molar refractivity (Wildman–Crippen MR) is 99.9 cm³/mol. The lowest BCUT2D eigenvalue weighted by atomic mass is 9.99. The molecule has 0 radical (unpaired) electrons. The zero-order valence-corrected chi connectivity index (χ0v) is 16.1. The number of hydrogen-bond donors (Lipinski definition) is 1. The zero-order valence-electron chi connectivity index (χ0n) is 15.3. The summed E-state index contributed by atoms with van der Waals surface area (Å²) in [5.41, 5.74) is 0.981. The first-order valence-corrected chi connectivity index (χ1v) is 9.90. The highest BCUT2D eigenvalue weighted by Gasteiger charge is 2.38. The molecule has 9 nitrogen and oxygen atoms in total. The van der Waals surface area contributed by atoms with Crippen molar-refractivity contribution < 1.29 is 19.1 Å². The molecule has 2 aromatic rings. The molecule has 0 spiro atoms. The van der Waals surface area contributed by atoms with Crippen molar-refractivity contribution in [3.63, 3.8) is 0 Å². The van der Waals surface area contributed by atoms with E-state index in [9.17, 15) is 14.4 Å². The first-order valence-electron chi connectivity index (χ1n) is 9.09. The van der Waals surface area contributed by atoms with Crippen molar-refractivity contribution in [3.8, 4) is 0 Å². The molecule has 0 aromatic carbocycles. The van der Waals surface area contributed by atoms with Crippen molar-refractivity contribution in [2.75, 3.05) is 25.0 Å². The van der Waals surface area contributed by atoms with Gasteiger partial charge in [-0.1, -0.05) is 0 Å². The van der Waals surface area contributed by atoms with Crippen molar-refractivity contribution in [2.45, 2.75) is 25.7 Å². The van der Waals surface area contributed by atoms with Gasteiger partial charge in [0.15, 0.2) is 5.13 Å². The number of fused-ring (bicyclic) bond motifs is 1. The molecule has 1 fully saturated rings. The molecule has 4 rings (SSSR count). The standard InChI is InChI=1S/C18H19N5O4S/c1-2-27-17(26)11-3-4-13-14(11)21-18(28-13)22-15(24)10-8-23(9-10)16(25)12-7-19-5-6-20-12/h5-7,10-11H,2-4,8-9H2,1H3,(H,21,22,24). The van der Waals surface area contributed by atoms with Crippen molar-refractivity contribution in [1.29, 1.82) is 0 Å². The maximum atomic E-state index is 12.4. The average molecular weight is 401 g/mol. The summed E-state index contributed by atoms with van der Waals surface area (Å²) in [5.74, 6) is -1.31. The Hall–Kier alpha value is -2.88. The summed E-state index contributed by atoms with van der Waals surface area (Å²) >= 11 is 1.40. The number of nitrogens with one attached hydrogen (secondary N) is 1. The van der Waals surface area contributed by atoms with E-state index in [0.29, 0.717) is 36.9 Å². The lowest BCUT2D eigenvalue weighted by Gasteiger charge is -2.37. The van der Waals surface area contributed by atoms with Gasteiger partial charge in [0, 0.05) is 30.4 Å².